The lowest BCUT2D eigenvalue weighted by atomic mass is 9.61. The molecule has 0 radical (unpaired) electrons. The summed E-state index contributed by atoms with van der Waals surface area (Å²) < 4.78 is 6.92. The number of nitrogens with zero attached hydrogens (tertiary/aromatic N) is 1. The highest BCUT2D eigenvalue weighted by Gasteiger charge is 2.60. The summed E-state index contributed by atoms with van der Waals surface area (Å²) in [5, 5.41) is 3.93. The van der Waals surface area contributed by atoms with Gasteiger partial charge in [-0.05, 0) is 212 Å². The van der Waals surface area contributed by atoms with Crippen LogP contribution in [0.5, 0.6) is 0 Å². The van der Waals surface area contributed by atoms with Crippen LogP contribution in [0.3, 0.4) is 0 Å². The molecular weight excluding hydrogens is 767 g/mol. The molecule has 3 saturated heterocycles. The molecule has 3 aliphatic heterocycles. The second kappa shape index (κ2) is 17.4. The van der Waals surface area contributed by atoms with Crippen molar-refractivity contribution in [2.75, 3.05) is 0 Å². The highest BCUT2D eigenvalue weighted by atomic mass is 32.2. The quantitative estimate of drug-likeness (QED) is 0.273. The van der Waals surface area contributed by atoms with Crippen LogP contribution in [-0.2, 0) is 4.74 Å². The van der Waals surface area contributed by atoms with Gasteiger partial charge in [0.1, 0.15) is 0 Å². The Bertz CT molecular complexity index is 1470. The molecule has 4 heteroatoms. The van der Waals surface area contributed by atoms with E-state index in [4.69, 9.17) is 4.74 Å². The first-order valence-electron chi connectivity index (χ1n) is 28.5. The third kappa shape index (κ3) is 7.27. The van der Waals surface area contributed by atoms with Crippen molar-refractivity contribution >= 4 is 23.5 Å². The van der Waals surface area contributed by atoms with Gasteiger partial charge in [0.2, 0.25) is 0 Å². The number of rotatable bonds is 5. The molecule has 0 aromatic heterocycles. The number of fused-ring (bicyclic) bond motifs is 12. The molecule has 0 N–H and O–H groups in total. The van der Waals surface area contributed by atoms with Crippen LogP contribution < -0.4 is 0 Å². The largest absolute Gasteiger partial charge is 0.374 e. The minimum absolute atomic E-state index is 0.624. The minimum Gasteiger partial charge on any atom is -0.374 e. The molecule has 0 aromatic rings. The normalized spacial score (nSPS) is 56.2. The molecular formula is C56H89NOS2. The van der Waals surface area contributed by atoms with Gasteiger partial charge in [-0.3, -0.25) is 4.90 Å². The molecule has 19 atom stereocenters. The monoisotopic (exact) mass is 856 g/mol. The van der Waals surface area contributed by atoms with E-state index in [0.717, 1.165) is 122 Å². The van der Waals surface area contributed by atoms with Crippen LogP contribution in [0.4, 0.5) is 0 Å². The van der Waals surface area contributed by atoms with Gasteiger partial charge in [0.25, 0.3) is 0 Å². The van der Waals surface area contributed by atoms with E-state index in [9.17, 15) is 0 Å². The zero-order chi connectivity index (χ0) is 39.3. The van der Waals surface area contributed by atoms with Crippen LogP contribution in [0.1, 0.15) is 212 Å². The number of hydrogen-bond acceptors (Lipinski definition) is 4. The molecule has 13 aliphatic rings. The average molecular weight is 856 g/mol. The molecule has 10 aliphatic carbocycles. The predicted molar refractivity (Wildman–Crippen MR) is 253 cm³/mol. The van der Waals surface area contributed by atoms with Gasteiger partial charge in [0.05, 0.1) is 12.2 Å². The molecule has 0 amide bonds. The van der Waals surface area contributed by atoms with E-state index in [1.165, 1.54) is 44.9 Å². The van der Waals surface area contributed by atoms with E-state index in [1.807, 2.05) is 0 Å². The molecule has 336 valence electrons. The van der Waals surface area contributed by atoms with E-state index in [1.54, 1.807) is 167 Å². The SMILES string of the molecule is C1CCC2CC(C3CCC(N(C4CCC(C5CCCC6C7CCC8OC9CCCCC9C8C7SC56)CC4)C4CCCC5C6CC7CCCCC7CC6SC54)CC3)CCC2C1. The van der Waals surface area contributed by atoms with Crippen LogP contribution in [0.15, 0.2) is 0 Å². The summed E-state index contributed by atoms with van der Waals surface area (Å²) in [5.74, 6) is 14.6. The predicted octanol–water partition coefficient (Wildman–Crippen LogP) is 14.8. The van der Waals surface area contributed by atoms with Gasteiger partial charge in [-0.15, -0.1) is 0 Å². The molecule has 0 aromatic carbocycles. The second-order valence-corrected chi connectivity index (χ2v) is 28.3. The van der Waals surface area contributed by atoms with E-state index in [-0.39, 0.29) is 0 Å². The first kappa shape index (κ1) is 40.9. The lowest BCUT2D eigenvalue weighted by Crippen LogP contribution is -2.57. The smallest absolute Gasteiger partial charge is 0.0621 e. The Morgan fingerprint density at radius 2 is 0.867 bits per heavy atom. The molecule has 60 heavy (non-hydrogen) atoms. The Morgan fingerprint density at radius 1 is 0.317 bits per heavy atom. The van der Waals surface area contributed by atoms with E-state index in [0.29, 0.717) is 12.2 Å². The van der Waals surface area contributed by atoms with E-state index < -0.39 is 0 Å². The average Bonchev–Trinajstić information content (AvgIpc) is 4.00. The fraction of sp³-hybridized carbons (Fsp3) is 1.00. The summed E-state index contributed by atoms with van der Waals surface area (Å²) in [7, 11) is 0. The third-order valence-electron chi connectivity index (χ3n) is 23.3. The van der Waals surface area contributed by atoms with Gasteiger partial charge in [-0.1, -0.05) is 77.0 Å². The standard InChI is InChI=1S/C56H89NOS2/c1-2-10-37-31-40(20-19-34(37)9-1)35-21-25-41(26-22-35)57(49-17-8-16-45-48-32-38-11-3-4-12-39(38)33-52(48)59-55(45)49)42-27-23-36(24-28-42)43-14-7-15-44-46-29-30-51-53(56(46)60-54(43)44)47-13-5-6-18-50(47)58-51/h34-56H,1-33H2. The molecule has 10 saturated carbocycles. The lowest BCUT2D eigenvalue weighted by Gasteiger charge is -2.53. The van der Waals surface area contributed by atoms with Gasteiger partial charge in [0, 0.05) is 45.0 Å². The van der Waals surface area contributed by atoms with Crippen LogP contribution in [-0.4, -0.2) is 56.2 Å². The number of ether oxygens (including phenoxy) is 1. The van der Waals surface area contributed by atoms with Crippen LogP contribution in [0.2, 0.25) is 0 Å². The maximum atomic E-state index is 6.92. The summed E-state index contributed by atoms with van der Waals surface area (Å²) in [6.45, 7) is 0. The van der Waals surface area contributed by atoms with Crippen molar-refractivity contribution in [1.82, 2.24) is 4.90 Å². The van der Waals surface area contributed by atoms with Crippen molar-refractivity contribution in [3.05, 3.63) is 0 Å². The van der Waals surface area contributed by atoms with Gasteiger partial charge in [0.15, 0.2) is 0 Å². The third-order valence-corrected chi connectivity index (χ3v) is 27.2. The van der Waals surface area contributed by atoms with E-state index >= 15 is 0 Å². The Kier molecular flexibility index (Phi) is 11.8. The Hall–Kier alpha value is 0.620. The topological polar surface area (TPSA) is 12.5 Å². The Balaban J connectivity index is 0.715. The number of thioether (sulfide) groups is 2. The summed E-state index contributed by atoms with van der Waals surface area (Å²) >= 11 is 5.25. The molecule has 0 bridgehead atoms. The lowest BCUT2D eigenvalue weighted by molar-refractivity contribution is -0.0161. The number of hydrogen-bond donors (Lipinski definition) is 0. The van der Waals surface area contributed by atoms with Crippen molar-refractivity contribution < 1.29 is 4.74 Å². The van der Waals surface area contributed by atoms with Crippen LogP contribution in [0, 0.1) is 82.9 Å². The highest BCUT2D eigenvalue weighted by molar-refractivity contribution is 8.01. The summed E-state index contributed by atoms with van der Waals surface area (Å²) in [4.78, 5) is 3.47. The van der Waals surface area contributed by atoms with E-state index in [2.05, 4.69) is 28.4 Å². The summed E-state index contributed by atoms with van der Waals surface area (Å²) in [6, 6.07) is 2.70. The van der Waals surface area contributed by atoms with Gasteiger partial charge in [-0.25, -0.2) is 0 Å². The van der Waals surface area contributed by atoms with Gasteiger partial charge < -0.3 is 4.74 Å². The molecule has 13 rings (SSSR count). The first-order valence-corrected chi connectivity index (χ1v) is 30.3. The fourth-order valence-corrected chi connectivity index (χ4v) is 25.6. The maximum Gasteiger partial charge on any atom is 0.0621 e. The van der Waals surface area contributed by atoms with Gasteiger partial charge in [-0.2, -0.15) is 23.5 Å². The maximum absolute atomic E-state index is 6.92. The molecule has 19 unspecified atom stereocenters. The molecule has 3 heterocycles. The van der Waals surface area contributed by atoms with Crippen molar-refractivity contribution in [1.29, 1.82) is 0 Å². The molecule has 0 spiro atoms. The zero-order valence-corrected chi connectivity index (χ0v) is 39.9. The summed E-state index contributed by atoms with van der Waals surface area (Å²) in [5.41, 5.74) is 0. The fourth-order valence-electron chi connectivity index (χ4n) is 20.8. The first-order chi connectivity index (χ1) is 29.7. The summed E-state index contributed by atoms with van der Waals surface area (Å²) in [6.07, 6.45) is 52.4. The molecule has 13 fully saturated rings. The minimum atomic E-state index is 0.624. The molecule has 2 nitrogen and oxygen atoms in total. The van der Waals surface area contributed by atoms with Crippen molar-refractivity contribution in [2.24, 2.45) is 82.9 Å². The van der Waals surface area contributed by atoms with Crippen LogP contribution in [0.25, 0.3) is 0 Å². The van der Waals surface area contributed by atoms with Crippen molar-refractivity contribution in [3.63, 3.8) is 0 Å². The van der Waals surface area contributed by atoms with Crippen molar-refractivity contribution in [2.45, 2.75) is 263 Å². The Morgan fingerprint density at radius 3 is 1.67 bits per heavy atom. The Labute approximate surface area is 377 Å². The van der Waals surface area contributed by atoms with Crippen molar-refractivity contribution in [3.8, 4) is 0 Å². The van der Waals surface area contributed by atoms with Gasteiger partial charge >= 0.3 is 0 Å². The highest BCUT2D eigenvalue weighted by Crippen LogP contribution is 2.65. The second-order valence-electron chi connectivity index (χ2n) is 25.5. The van der Waals surface area contributed by atoms with Crippen LogP contribution >= 0.6 is 23.5 Å². The zero-order valence-electron chi connectivity index (χ0n) is 38.3.